The van der Waals surface area contributed by atoms with Crippen LogP contribution in [0.15, 0.2) is 22.7 Å². The maximum Gasteiger partial charge on any atom is 0.137 e. The largest absolute Gasteiger partial charge is 0.374 e. The van der Waals surface area contributed by atoms with Crippen molar-refractivity contribution in [2.45, 2.75) is 37.5 Å². The summed E-state index contributed by atoms with van der Waals surface area (Å²) in [5.41, 5.74) is 1.12. The van der Waals surface area contributed by atoms with Crippen molar-refractivity contribution in [1.29, 1.82) is 0 Å². The van der Waals surface area contributed by atoms with E-state index in [0.29, 0.717) is 10.5 Å². The molecular weight excluding hydrogens is 335 g/mol. The van der Waals surface area contributed by atoms with Crippen LogP contribution in [0, 0.1) is 5.82 Å². The smallest absolute Gasteiger partial charge is 0.137 e. The van der Waals surface area contributed by atoms with Gasteiger partial charge in [0.2, 0.25) is 0 Å². The summed E-state index contributed by atoms with van der Waals surface area (Å²) >= 11 is 3.26. The zero-order chi connectivity index (χ0) is 14.8. The van der Waals surface area contributed by atoms with Gasteiger partial charge in [0.1, 0.15) is 5.82 Å². The Labute approximate surface area is 134 Å². The van der Waals surface area contributed by atoms with E-state index >= 15 is 0 Å². The van der Waals surface area contributed by atoms with E-state index in [1.807, 2.05) is 19.2 Å². The summed E-state index contributed by atoms with van der Waals surface area (Å²) in [5.74, 6) is -0.214. The zero-order valence-electron chi connectivity index (χ0n) is 12.3. The molecular formula is C16H22BrFN2O. The Hall–Kier alpha value is -0.490. The molecule has 5 heteroatoms. The van der Waals surface area contributed by atoms with Gasteiger partial charge >= 0.3 is 0 Å². The number of hydrogen-bond donors (Lipinski definition) is 1. The van der Waals surface area contributed by atoms with Gasteiger partial charge in [0.05, 0.1) is 17.2 Å². The van der Waals surface area contributed by atoms with Crippen LogP contribution in [-0.4, -0.2) is 49.8 Å². The predicted molar refractivity (Wildman–Crippen MR) is 85.0 cm³/mol. The third kappa shape index (κ3) is 3.47. The highest BCUT2D eigenvalue weighted by Gasteiger charge is 2.35. The van der Waals surface area contributed by atoms with E-state index in [1.165, 1.54) is 25.5 Å². The molecule has 0 spiro atoms. The van der Waals surface area contributed by atoms with Gasteiger partial charge in [-0.1, -0.05) is 6.07 Å². The molecule has 0 amide bonds. The molecule has 3 rings (SSSR count). The Kier molecular flexibility index (Phi) is 4.94. The molecule has 2 heterocycles. The molecule has 2 fully saturated rings. The van der Waals surface area contributed by atoms with Crippen LogP contribution in [0.3, 0.4) is 0 Å². The summed E-state index contributed by atoms with van der Waals surface area (Å²) < 4.78 is 19.9. The van der Waals surface area contributed by atoms with E-state index in [4.69, 9.17) is 4.74 Å². The summed E-state index contributed by atoms with van der Waals surface area (Å²) in [6, 6.07) is 6.11. The molecule has 0 radical (unpaired) electrons. The quantitative estimate of drug-likeness (QED) is 0.897. The number of fused-ring (bicyclic) bond motifs is 1. The van der Waals surface area contributed by atoms with Crippen molar-refractivity contribution < 1.29 is 9.13 Å². The number of morpholine rings is 1. The van der Waals surface area contributed by atoms with Crippen molar-refractivity contribution in [3.05, 3.63) is 34.1 Å². The lowest BCUT2D eigenvalue weighted by Crippen LogP contribution is -2.54. The van der Waals surface area contributed by atoms with Gasteiger partial charge < -0.3 is 10.1 Å². The van der Waals surface area contributed by atoms with Gasteiger partial charge in [-0.15, -0.1) is 0 Å². The lowest BCUT2D eigenvalue weighted by molar-refractivity contribution is -0.0634. The Morgan fingerprint density at radius 3 is 3.14 bits per heavy atom. The third-order valence-electron chi connectivity index (χ3n) is 4.68. The Morgan fingerprint density at radius 2 is 2.38 bits per heavy atom. The van der Waals surface area contributed by atoms with E-state index in [-0.39, 0.29) is 18.0 Å². The van der Waals surface area contributed by atoms with Gasteiger partial charge in [0.25, 0.3) is 0 Å². The first-order valence-electron chi connectivity index (χ1n) is 7.64. The molecule has 2 saturated heterocycles. The molecule has 21 heavy (non-hydrogen) atoms. The molecule has 0 bridgehead atoms. The number of nitrogens with zero attached hydrogens (tertiary/aromatic N) is 1. The van der Waals surface area contributed by atoms with Crippen molar-refractivity contribution >= 4 is 15.9 Å². The standard InChI is InChI=1S/C16H22BrFN2O/c1-19-15(8-11-4-5-14(18)13(17)7-11)16-9-20-6-2-3-12(20)10-21-16/h4-5,7,12,15-16,19H,2-3,6,8-10H2,1H3. The fraction of sp³-hybridized carbons (Fsp3) is 0.625. The van der Waals surface area contributed by atoms with Crippen LogP contribution >= 0.6 is 15.9 Å². The van der Waals surface area contributed by atoms with E-state index in [9.17, 15) is 4.39 Å². The van der Waals surface area contributed by atoms with Crippen molar-refractivity contribution in [1.82, 2.24) is 10.2 Å². The normalized spacial score (nSPS) is 27.6. The minimum absolute atomic E-state index is 0.202. The van der Waals surface area contributed by atoms with Gasteiger partial charge in [0.15, 0.2) is 0 Å². The SMILES string of the molecule is CNC(Cc1ccc(F)c(Br)c1)C1CN2CCCC2CO1. The van der Waals surface area contributed by atoms with Crippen LogP contribution in [-0.2, 0) is 11.2 Å². The number of nitrogens with one attached hydrogen (secondary N) is 1. The van der Waals surface area contributed by atoms with E-state index in [2.05, 4.69) is 26.1 Å². The molecule has 116 valence electrons. The van der Waals surface area contributed by atoms with E-state index in [1.54, 1.807) is 0 Å². The van der Waals surface area contributed by atoms with E-state index in [0.717, 1.165) is 25.1 Å². The van der Waals surface area contributed by atoms with E-state index < -0.39 is 0 Å². The highest BCUT2D eigenvalue weighted by atomic mass is 79.9. The maximum absolute atomic E-state index is 13.3. The van der Waals surface area contributed by atoms with Crippen LogP contribution in [0.1, 0.15) is 18.4 Å². The molecule has 0 aromatic heterocycles. The summed E-state index contributed by atoms with van der Waals surface area (Å²) in [6.07, 6.45) is 3.60. The first-order valence-corrected chi connectivity index (χ1v) is 8.43. The van der Waals surface area contributed by atoms with Crippen LogP contribution in [0.4, 0.5) is 4.39 Å². The van der Waals surface area contributed by atoms with Gasteiger partial charge in [-0.2, -0.15) is 0 Å². The zero-order valence-corrected chi connectivity index (χ0v) is 13.9. The number of halogens is 2. The molecule has 0 saturated carbocycles. The van der Waals surface area contributed by atoms with Crippen LogP contribution in [0.25, 0.3) is 0 Å². The van der Waals surface area contributed by atoms with Crippen LogP contribution < -0.4 is 5.32 Å². The fourth-order valence-corrected chi connectivity index (χ4v) is 3.85. The maximum atomic E-state index is 13.3. The third-order valence-corrected chi connectivity index (χ3v) is 5.28. The second-order valence-corrected chi connectivity index (χ2v) is 6.86. The van der Waals surface area contributed by atoms with Crippen LogP contribution in [0.5, 0.6) is 0 Å². The topological polar surface area (TPSA) is 24.5 Å². The molecule has 1 aromatic carbocycles. The summed E-state index contributed by atoms with van der Waals surface area (Å²) in [4.78, 5) is 2.55. The van der Waals surface area contributed by atoms with Crippen molar-refractivity contribution in [2.24, 2.45) is 0 Å². The van der Waals surface area contributed by atoms with Crippen molar-refractivity contribution in [2.75, 3.05) is 26.7 Å². The second kappa shape index (κ2) is 6.73. The lowest BCUT2D eigenvalue weighted by Gasteiger charge is -2.39. The molecule has 1 N–H and O–H groups in total. The summed E-state index contributed by atoms with van der Waals surface area (Å²) in [7, 11) is 1.97. The fourth-order valence-electron chi connectivity index (χ4n) is 3.43. The number of rotatable bonds is 4. The minimum Gasteiger partial charge on any atom is -0.374 e. The number of likely N-dealkylation sites (N-methyl/N-ethyl adjacent to an activating group) is 1. The first-order chi connectivity index (χ1) is 10.2. The molecule has 1 aromatic rings. The molecule has 3 nitrogen and oxygen atoms in total. The van der Waals surface area contributed by atoms with Gasteiger partial charge in [-0.25, -0.2) is 4.39 Å². The number of benzene rings is 1. The Bertz CT molecular complexity index is 499. The molecule has 2 aliphatic heterocycles. The minimum atomic E-state index is -0.214. The average Bonchev–Trinajstić information content (AvgIpc) is 2.95. The highest BCUT2D eigenvalue weighted by Crippen LogP contribution is 2.25. The average molecular weight is 357 g/mol. The molecule has 0 aliphatic carbocycles. The number of ether oxygens (including phenoxy) is 1. The second-order valence-electron chi connectivity index (χ2n) is 6.01. The first kappa shape index (κ1) is 15.4. The van der Waals surface area contributed by atoms with Gasteiger partial charge in [0, 0.05) is 18.6 Å². The Balaban J connectivity index is 1.65. The molecule has 3 unspecified atom stereocenters. The lowest BCUT2D eigenvalue weighted by atomic mass is 9.99. The van der Waals surface area contributed by atoms with Crippen molar-refractivity contribution in [3.8, 4) is 0 Å². The molecule has 3 atom stereocenters. The monoisotopic (exact) mass is 356 g/mol. The van der Waals surface area contributed by atoms with Crippen molar-refractivity contribution in [3.63, 3.8) is 0 Å². The molecule has 2 aliphatic rings. The van der Waals surface area contributed by atoms with Crippen LogP contribution in [0.2, 0.25) is 0 Å². The van der Waals surface area contributed by atoms with Gasteiger partial charge in [-0.05, 0) is 66.5 Å². The Morgan fingerprint density at radius 1 is 1.52 bits per heavy atom. The summed E-state index contributed by atoms with van der Waals surface area (Å²) in [5, 5.41) is 3.37. The highest BCUT2D eigenvalue weighted by molar-refractivity contribution is 9.10. The predicted octanol–water partition coefficient (Wildman–Crippen LogP) is 2.58. The number of hydrogen-bond acceptors (Lipinski definition) is 3. The summed E-state index contributed by atoms with van der Waals surface area (Å²) in [6.45, 7) is 3.04. The van der Waals surface area contributed by atoms with Gasteiger partial charge in [-0.3, -0.25) is 4.90 Å².